The van der Waals surface area contributed by atoms with Gasteiger partial charge in [-0.3, -0.25) is 4.79 Å². The smallest absolute Gasteiger partial charge is 0.282 e. The van der Waals surface area contributed by atoms with E-state index < -0.39 is 10.0 Å². The molecule has 6 nitrogen and oxygen atoms in total. The van der Waals surface area contributed by atoms with Crippen LogP contribution in [0.25, 0.3) is 0 Å². The Morgan fingerprint density at radius 3 is 2.19 bits per heavy atom. The van der Waals surface area contributed by atoms with Crippen LogP contribution in [0.2, 0.25) is 0 Å². The quantitative estimate of drug-likeness (QED) is 0.647. The number of nitrogens with zero attached hydrogens (tertiary/aromatic N) is 1. The third kappa shape index (κ3) is 4.13. The molecule has 3 aromatic rings. The number of allylic oxidation sites excluding steroid dienone is 2. The van der Waals surface area contributed by atoms with Crippen molar-refractivity contribution in [2.24, 2.45) is 4.40 Å². The fourth-order valence-corrected chi connectivity index (χ4v) is 4.28. The number of carbonyl (C=O) groups excluding carboxylic acids is 1. The zero-order valence-electron chi connectivity index (χ0n) is 17.0. The van der Waals surface area contributed by atoms with Gasteiger partial charge in [0.2, 0.25) is 5.78 Å². The summed E-state index contributed by atoms with van der Waals surface area (Å²) in [6, 6.07) is 20.4. The molecule has 0 fully saturated rings. The van der Waals surface area contributed by atoms with E-state index in [1.54, 1.807) is 36.4 Å². The van der Waals surface area contributed by atoms with Crippen molar-refractivity contribution < 1.29 is 17.9 Å². The van der Waals surface area contributed by atoms with Gasteiger partial charge in [-0.15, -0.1) is 0 Å². The SMILES string of the molecule is COc1ccc(S(=O)(=O)/N=C2/C=C(Nc3ccccc3C)C(=O)c3ccccc32)cc1. The molecule has 0 saturated heterocycles. The van der Waals surface area contributed by atoms with Gasteiger partial charge < -0.3 is 10.1 Å². The summed E-state index contributed by atoms with van der Waals surface area (Å²) in [5.41, 5.74) is 3.04. The highest BCUT2D eigenvalue weighted by Gasteiger charge is 2.26. The minimum atomic E-state index is -4.00. The number of ether oxygens (including phenoxy) is 1. The summed E-state index contributed by atoms with van der Waals surface area (Å²) in [4.78, 5) is 13.1. The van der Waals surface area contributed by atoms with Crippen LogP contribution in [0.5, 0.6) is 5.75 Å². The number of methoxy groups -OCH3 is 1. The summed E-state index contributed by atoms with van der Waals surface area (Å²) in [6.07, 6.45) is 1.48. The largest absolute Gasteiger partial charge is 0.497 e. The van der Waals surface area contributed by atoms with Crippen molar-refractivity contribution in [3.8, 4) is 5.75 Å². The van der Waals surface area contributed by atoms with Crippen LogP contribution < -0.4 is 10.1 Å². The van der Waals surface area contributed by atoms with E-state index in [1.165, 1.54) is 25.3 Å². The molecule has 31 heavy (non-hydrogen) atoms. The molecule has 156 valence electrons. The fraction of sp³-hybridized carbons (Fsp3) is 0.0833. The van der Waals surface area contributed by atoms with E-state index in [9.17, 15) is 13.2 Å². The van der Waals surface area contributed by atoms with Gasteiger partial charge in [0.25, 0.3) is 10.0 Å². The average molecular weight is 433 g/mol. The summed E-state index contributed by atoms with van der Waals surface area (Å²) in [6.45, 7) is 1.92. The Hall–Kier alpha value is -3.71. The second-order valence-electron chi connectivity index (χ2n) is 7.00. The first-order chi connectivity index (χ1) is 14.9. The van der Waals surface area contributed by atoms with Crippen LogP contribution >= 0.6 is 0 Å². The number of Topliss-reactive ketones (excluding diaryl/α,β-unsaturated/α-hetero) is 1. The molecule has 0 saturated carbocycles. The van der Waals surface area contributed by atoms with E-state index in [4.69, 9.17) is 4.74 Å². The van der Waals surface area contributed by atoms with Gasteiger partial charge in [0.05, 0.1) is 23.4 Å². The Balaban J connectivity index is 1.80. The lowest BCUT2D eigenvalue weighted by atomic mass is 9.92. The number of ketones is 1. The number of para-hydroxylation sites is 1. The highest BCUT2D eigenvalue weighted by Crippen LogP contribution is 2.26. The van der Waals surface area contributed by atoms with Crippen LogP contribution in [0, 0.1) is 6.92 Å². The molecular weight excluding hydrogens is 412 g/mol. The maximum absolute atomic E-state index is 13.0. The van der Waals surface area contributed by atoms with Gasteiger partial charge in [-0.05, 0) is 48.9 Å². The predicted octanol–water partition coefficient (Wildman–Crippen LogP) is 4.37. The number of sulfonamides is 1. The van der Waals surface area contributed by atoms with E-state index in [0.717, 1.165) is 11.3 Å². The minimum absolute atomic E-state index is 0.0389. The van der Waals surface area contributed by atoms with Gasteiger partial charge in [0.15, 0.2) is 0 Å². The average Bonchev–Trinajstić information content (AvgIpc) is 2.78. The molecule has 0 amide bonds. The fourth-order valence-electron chi connectivity index (χ4n) is 3.29. The normalized spacial score (nSPS) is 14.7. The Kier molecular flexibility index (Phi) is 5.44. The number of carbonyl (C=O) groups is 1. The highest BCUT2D eigenvalue weighted by molar-refractivity contribution is 7.90. The molecule has 0 radical (unpaired) electrons. The number of fused-ring (bicyclic) bond motifs is 1. The molecule has 0 aromatic heterocycles. The highest BCUT2D eigenvalue weighted by atomic mass is 32.2. The summed E-state index contributed by atoms with van der Waals surface area (Å²) in [7, 11) is -2.49. The number of aryl methyl sites for hydroxylation is 1. The summed E-state index contributed by atoms with van der Waals surface area (Å²) in [5, 5.41) is 3.13. The Bertz CT molecular complexity index is 1320. The third-order valence-electron chi connectivity index (χ3n) is 4.96. The van der Waals surface area contributed by atoms with Gasteiger partial charge in [-0.1, -0.05) is 42.5 Å². The first-order valence-corrected chi connectivity index (χ1v) is 11.0. The molecule has 0 bridgehead atoms. The van der Waals surface area contributed by atoms with Gasteiger partial charge in [0, 0.05) is 16.8 Å². The van der Waals surface area contributed by atoms with Gasteiger partial charge in [-0.25, -0.2) is 0 Å². The van der Waals surface area contributed by atoms with Crippen molar-refractivity contribution in [1.29, 1.82) is 0 Å². The van der Waals surface area contributed by atoms with Crippen LogP contribution in [-0.2, 0) is 10.0 Å². The van der Waals surface area contributed by atoms with Gasteiger partial charge in [-0.2, -0.15) is 12.8 Å². The molecule has 4 rings (SSSR count). The summed E-state index contributed by atoms with van der Waals surface area (Å²) >= 11 is 0. The zero-order valence-corrected chi connectivity index (χ0v) is 17.8. The molecule has 1 aliphatic carbocycles. The Labute approximate surface area is 181 Å². The van der Waals surface area contributed by atoms with Crippen LogP contribution in [0.3, 0.4) is 0 Å². The molecule has 7 heteroatoms. The number of rotatable bonds is 5. The van der Waals surface area contributed by atoms with Crippen LogP contribution in [0.15, 0.2) is 93.9 Å². The van der Waals surface area contributed by atoms with Crippen LogP contribution in [0.1, 0.15) is 21.5 Å². The molecular formula is C24H20N2O4S. The second-order valence-corrected chi connectivity index (χ2v) is 8.60. The maximum Gasteiger partial charge on any atom is 0.282 e. The van der Waals surface area contributed by atoms with E-state index in [0.29, 0.717) is 16.9 Å². The third-order valence-corrected chi connectivity index (χ3v) is 6.27. The zero-order chi connectivity index (χ0) is 22.0. The molecule has 0 aliphatic heterocycles. The summed E-state index contributed by atoms with van der Waals surface area (Å²) in [5.74, 6) is 0.324. The second kappa shape index (κ2) is 8.20. The van der Waals surface area contributed by atoms with Crippen molar-refractivity contribution in [1.82, 2.24) is 0 Å². The van der Waals surface area contributed by atoms with Crippen molar-refractivity contribution >= 4 is 27.2 Å². The molecule has 0 atom stereocenters. The van der Waals surface area contributed by atoms with E-state index >= 15 is 0 Å². The standard InChI is InChI=1S/C24H20N2O4S/c1-16-7-3-6-10-21(16)25-23-15-22(19-8-4-5-9-20(19)24(23)27)26-31(28,29)18-13-11-17(30-2)12-14-18/h3-15,25H,1-2H3/b26-22-. The lowest BCUT2D eigenvalue weighted by Gasteiger charge is -2.19. The number of benzene rings is 3. The van der Waals surface area contributed by atoms with Crippen LogP contribution in [0.4, 0.5) is 5.69 Å². The van der Waals surface area contributed by atoms with Crippen molar-refractivity contribution in [2.45, 2.75) is 11.8 Å². The van der Waals surface area contributed by atoms with E-state index in [-0.39, 0.29) is 22.1 Å². The number of anilines is 1. The topological polar surface area (TPSA) is 84.8 Å². The number of nitrogens with one attached hydrogen (secondary N) is 1. The first-order valence-electron chi connectivity index (χ1n) is 9.56. The number of hydrogen-bond donors (Lipinski definition) is 1. The first kappa shape index (κ1) is 20.6. The Morgan fingerprint density at radius 1 is 0.871 bits per heavy atom. The maximum atomic E-state index is 13.0. The van der Waals surface area contributed by atoms with Crippen molar-refractivity contribution in [3.63, 3.8) is 0 Å². The minimum Gasteiger partial charge on any atom is -0.497 e. The summed E-state index contributed by atoms with van der Waals surface area (Å²) < 4.78 is 35.0. The monoisotopic (exact) mass is 432 g/mol. The number of hydrogen-bond acceptors (Lipinski definition) is 5. The molecule has 0 spiro atoms. The predicted molar refractivity (Wildman–Crippen MR) is 120 cm³/mol. The Morgan fingerprint density at radius 2 is 1.52 bits per heavy atom. The molecule has 1 N–H and O–H groups in total. The van der Waals surface area contributed by atoms with Gasteiger partial charge in [0.1, 0.15) is 5.75 Å². The van der Waals surface area contributed by atoms with Gasteiger partial charge >= 0.3 is 0 Å². The molecule has 3 aromatic carbocycles. The molecule has 1 aliphatic rings. The molecule has 0 heterocycles. The van der Waals surface area contributed by atoms with Crippen LogP contribution in [-0.4, -0.2) is 27.0 Å². The van der Waals surface area contributed by atoms with E-state index in [1.807, 2.05) is 31.2 Å². The lowest BCUT2D eigenvalue weighted by molar-refractivity contribution is 0.103. The lowest BCUT2D eigenvalue weighted by Crippen LogP contribution is -2.23. The van der Waals surface area contributed by atoms with Crippen molar-refractivity contribution in [2.75, 3.05) is 12.4 Å². The van der Waals surface area contributed by atoms with E-state index in [2.05, 4.69) is 9.71 Å². The molecule has 0 unspecified atom stereocenters. The van der Waals surface area contributed by atoms with Crippen molar-refractivity contribution in [3.05, 3.63) is 101 Å².